The Kier molecular flexibility index (Phi) is 10.5. The second-order valence-electron chi connectivity index (χ2n) is 18.3. The zero-order valence-corrected chi connectivity index (χ0v) is 33.9. The van der Waals surface area contributed by atoms with Gasteiger partial charge in [-0.25, -0.2) is 26.4 Å². The molecule has 15 heteroatoms. The van der Waals surface area contributed by atoms with E-state index in [0.717, 1.165) is 19.3 Å². The molecule has 6 atom stereocenters. The van der Waals surface area contributed by atoms with Gasteiger partial charge in [-0.15, -0.1) is 6.58 Å². The Morgan fingerprint density at radius 1 is 0.943 bits per heavy atom. The number of nitrogens with zero attached hydrogens (tertiary/aromatic N) is 1. The molecule has 3 saturated carbocycles. The predicted molar refractivity (Wildman–Crippen MR) is 201 cm³/mol. The van der Waals surface area contributed by atoms with E-state index in [2.05, 4.69) is 27.3 Å². The van der Waals surface area contributed by atoms with E-state index in [4.69, 9.17) is 0 Å². The standard InChI is InChI=1S/C38H57N5O8S2/c1-10-24-21-38(24,32(46)42-53(50,51)25-17-13-11-14-18-25)40-30(44)28-27-26(36(27,8)9)22-43(28)31(45)29(34(2,3)4)39-33(47)41-37(19-15-12-16-20-37)23-52(48,49)35(5,6)7/h10-11,13-14,17-18,24,26-29H,1,12,15-16,19-23H2,2-9H3,(H,40,44)(H,42,46)(H2,39,41,47)/t24-,26+,27?,28+,29-,38-/m1/s1. The van der Waals surface area contributed by atoms with Crippen LogP contribution in [0.15, 0.2) is 47.9 Å². The number of carbonyl (C=O) groups excluding carboxylic acids is 4. The minimum absolute atomic E-state index is 0.0117. The average Bonchev–Trinajstić information content (AvgIpc) is 3.81. The molecule has 4 aliphatic rings. The lowest BCUT2D eigenvalue weighted by molar-refractivity contribution is -0.144. The first-order valence-corrected chi connectivity index (χ1v) is 21.6. The maximum absolute atomic E-state index is 14.6. The third-order valence-electron chi connectivity index (χ3n) is 12.1. The quantitative estimate of drug-likeness (QED) is 0.245. The number of benzene rings is 1. The predicted octanol–water partition coefficient (Wildman–Crippen LogP) is 3.67. The van der Waals surface area contributed by atoms with Crippen LogP contribution in [0.4, 0.5) is 4.79 Å². The van der Waals surface area contributed by atoms with Crippen LogP contribution in [0.2, 0.25) is 0 Å². The highest BCUT2D eigenvalue weighted by atomic mass is 32.2. The van der Waals surface area contributed by atoms with Gasteiger partial charge in [0.1, 0.15) is 17.6 Å². The highest BCUT2D eigenvalue weighted by Gasteiger charge is 2.71. The van der Waals surface area contributed by atoms with Crippen molar-refractivity contribution in [2.75, 3.05) is 12.3 Å². The van der Waals surface area contributed by atoms with Gasteiger partial charge in [0.25, 0.3) is 15.9 Å². The Labute approximate surface area is 314 Å². The van der Waals surface area contributed by atoms with Crippen LogP contribution in [0, 0.1) is 28.6 Å². The lowest BCUT2D eigenvalue weighted by Gasteiger charge is -2.41. The van der Waals surface area contributed by atoms with E-state index < -0.39 is 82.9 Å². The van der Waals surface area contributed by atoms with Crippen LogP contribution in [0.5, 0.6) is 0 Å². The largest absolute Gasteiger partial charge is 0.339 e. The number of hydrogen-bond donors (Lipinski definition) is 4. The van der Waals surface area contributed by atoms with Crippen molar-refractivity contribution < 1.29 is 36.0 Å². The zero-order chi connectivity index (χ0) is 39.6. The number of piperidine rings is 1. The summed E-state index contributed by atoms with van der Waals surface area (Å²) in [6.45, 7) is 18.4. The van der Waals surface area contributed by atoms with Crippen LogP contribution in [0.3, 0.4) is 0 Å². The molecular weight excluding hydrogens is 719 g/mol. The molecule has 4 N–H and O–H groups in total. The number of likely N-dealkylation sites (tertiary alicyclic amines) is 1. The first-order chi connectivity index (χ1) is 24.3. The summed E-state index contributed by atoms with van der Waals surface area (Å²) in [5.41, 5.74) is -3.65. The van der Waals surface area contributed by atoms with Crippen molar-refractivity contribution in [3.05, 3.63) is 43.0 Å². The molecule has 1 unspecified atom stereocenters. The van der Waals surface area contributed by atoms with Crippen LogP contribution < -0.4 is 20.7 Å². The molecule has 5 rings (SSSR count). The Morgan fingerprint density at radius 3 is 2.08 bits per heavy atom. The number of sulfone groups is 1. The van der Waals surface area contributed by atoms with E-state index in [1.807, 2.05) is 13.8 Å². The van der Waals surface area contributed by atoms with Crippen molar-refractivity contribution in [2.24, 2.45) is 28.6 Å². The fraction of sp³-hybridized carbons (Fsp3) is 0.684. The Hall–Kier alpha value is -3.46. The molecule has 0 radical (unpaired) electrons. The maximum atomic E-state index is 14.6. The third-order valence-corrected chi connectivity index (χ3v) is 16.2. The monoisotopic (exact) mass is 775 g/mol. The fourth-order valence-electron chi connectivity index (χ4n) is 8.35. The summed E-state index contributed by atoms with van der Waals surface area (Å²) < 4.78 is 53.9. The van der Waals surface area contributed by atoms with Crippen molar-refractivity contribution in [1.82, 2.24) is 25.6 Å². The number of fused-ring (bicyclic) bond motifs is 1. The molecule has 0 aromatic heterocycles. The number of carbonyl (C=O) groups is 4. The summed E-state index contributed by atoms with van der Waals surface area (Å²) in [5, 5.41) is 8.69. The minimum atomic E-state index is -4.24. The number of sulfonamides is 1. The van der Waals surface area contributed by atoms with Gasteiger partial charge >= 0.3 is 6.03 Å². The van der Waals surface area contributed by atoms with Gasteiger partial charge in [0.2, 0.25) is 11.8 Å². The summed E-state index contributed by atoms with van der Waals surface area (Å²) in [4.78, 5) is 57.7. The minimum Gasteiger partial charge on any atom is -0.339 e. The van der Waals surface area contributed by atoms with Gasteiger partial charge in [0.15, 0.2) is 9.84 Å². The second kappa shape index (κ2) is 13.7. The summed E-state index contributed by atoms with van der Waals surface area (Å²) in [6.07, 6.45) is 5.06. The van der Waals surface area contributed by atoms with Gasteiger partial charge in [-0.3, -0.25) is 14.4 Å². The molecule has 4 fully saturated rings. The van der Waals surface area contributed by atoms with Gasteiger partial charge in [-0.05, 0) is 74.8 Å². The molecule has 1 aromatic carbocycles. The normalized spacial score (nSPS) is 28.1. The van der Waals surface area contributed by atoms with Crippen molar-refractivity contribution >= 4 is 43.6 Å². The molecule has 3 aliphatic carbocycles. The van der Waals surface area contributed by atoms with Crippen LogP contribution in [0.1, 0.15) is 93.9 Å². The number of nitrogens with one attached hydrogen (secondary N) is 4. The van der Waals surface area contributed by atoms with Gasteiger partial charge in [0, 0.05) is 12.5 Å². The summed E-state index contributed by atoms with van der Waals surface area (Å²) in [6, 6.07) is 4.71. The van der Waals surface area contributed by atoms with E-state index in [0.29, 0.717) is 12.8 Å². The van der Waals surface area contributed by atoms with Crippen LogP contribution in [-0.2, 0) is 34.2 Å². The molecule has 5 amide bonds. The molecule has 13 nitrogen and oxygen atoms in total. The Morgan fingerprint density at radius 2 is 1.55 bits per heavy atom. The number of urea groups is 1. The van der Waals surface area contributed by atoms with Gasteiger partial charge in [-0.2, -0.15) is 0 Å². The van der Waals surface area contributed by atoms with Gasteiger partial charge in [-0.1, -0.05) is 78.2 Å². The molecule has 0 bridgehead atoms. The molecule has 1 aromatic rings. The van der Waals surface area contributed by atoms with Gasteiger partial charge < -0.3 is 20.9 Å². The van der Waals surface area contributed by atoms with E-state index >= 15 is 0 Å². The van der Waals surface area contributed by atoms with E-state index in [1.54, 1.807) is 47.6 Å². The maximum Gasteiger partial charge on any atom is 0.315 e. The molecule has 1 saturated heterocycles. The molecule has 0 spiro atoms. The highest BCUT2D eigenvalue weighted by Crippen LogP contribution is 2.65. The summed E-state index contributed by atoms with van der Waals surface area (Å²) in [7, 11) is -7.83. The zero-order valence-electron chi connectivity index (χ0n) is 32.2. The highest BCUT2D eigenvalue weighted by molar-refractivity contribution is 7.92. The SMILES string of the molecule is C=C[C@@H]1C[C@]1(NC(=O)[C@@H]1C2[C@H](CN1C(=O)[C@@H](NC(=O)NC1(CS(=O)(=O)C(C)(C)C)CCCCC1)C(C)(C)C)C2(C)C)C(=O)NS(=O)(=O)c1ccccc1. The van der Waals surface area contributed by atoms with Crippen LogP contribution in [-0.4, -0.2) is 85.7 Å². The van der Waals surface area contributed by atoms with Crippen molar-refractivity contribution in [2.45, 2.75) is 127 Å². The number of rotatable bonds is 11. The summed E-state index contributed by atoms with van der Waals surface area (Å²) in [5.74, 6) is -2.95. The summed E-state index contributed by atoms with van der Waals surface area (Å²) >= 11 is 0. The van der Waals surface area contributed by atoms with E-state index in [9.17, 15) is 36.0 Å². The first-order valence-electron chi connectivity index (χ1n) is 18.5. The smallest absolute Gasteiger partial charge is 0.315 e. The second-order valence-corrected chi connectivity index (χ2v) is 22.7. The number of amides is 5. The number of hydrogen-bond acceptors (Lipinski definition) is 8. The van der Waals surface area contributed by atoms with Crippen LogP contribution in [0.25, 0.3) is 0 Å². The third kappa shape index (κ3) is 7.88. The van der Waals surface area contributed by atoms with Crippen molar-refractivity contribution in [3.63, 3.8) is 0 Å². The average molecular weight is 776 g/mol. The molecular formula is C38H57N5O8S2. The molecule has 53 heavy (non-hydrogen) atoms. The Bertz CT molecular complexity index is 1860. The fourth-order valence-corrected chi connectivity index (χ4v) is 10.9. The molecule has 1 heterocycles. The molecule has 294 valence electrons. The first kappa shape index (κ1) is 40.7. The topological polar surface area (TPSA) is 188 Å². The lowest BCUT2D eigenvalue weighted by Crippen LogP contribution is -2.64. The molecule has 1 aliphatic heterocycles. The van der Waals surface area contributed by atoms with E-state index in [-0.39, 0.29) is 40.9 Å². The lowest BCUT2D eigenvalue weighted by atomic mass is 9.83. The van der Waals surface area contributed by atoms with Crippen molar-refractivity contribution in [1.29, 1.82) is 0 Å². The van der Waals surface area contributed by atoms with Crippen molar-refractivity contribution in [3.8, 4) is 0 Å². The van der Waals surface area contributed by atoms with Crippen LogP contribution >= 0.6 is 0 Å². The Balaban J connectivity index is 1.37. The van der Waals surface area contributed by atoms with E-state index in [1.165, 1.54) is 35.2 Å². The van der Waals surface area contributed by atoms with Gasteiger partial charge in [0.05, 0.1) is 20.9 Å².